The minimum atomic E-state index is -3.39. The molecule has 0 saturated heterocycles. The van der Waals surface area contributed by atoms with Crippen molar-refractivity contribution in [3.63, 3.8) is 0 Å². The van der Waals surface area contributed by atoms with Gasteiger partial charge in [-0.3, -0.25) is 0 Å². The summed E-state index contributed by atoms with van der Waals surface area (Å²) in [6.45, 7) is 8.09. The Bertz CT molecular complexity index is 599. The van der Waals surface area contributed by atoms with Crippen LogP contribution in [0.2, 0.25) is 0 Å². The van der Waals surface area contributed by atoms with E-state index in [1.54, 1.807) is 12.1 Å². The number of aliphatic hydroxyl groups excluding tert-OH is 1. The average Bonchev–Trinajstić information content (AvgIpc) is 2.80. The Hall–Kier alpha value is -0.870. The summed E-state index contributed by atoms with van der Waals surface area (Å²) >= 11 is 0. The first-order valence-corrected chi connectivity index (χ1v) is 9.24. The molecule has 1 fully saturated rings. The molecule has 0 amide bonds. The van der Waals surface area contributed by atoms with Crippen LogP contribution in [-0.2, 0) is 15.3 Å². The number of hydrogen-bond acceptors (Lipinski definition) is 3. The Morgan fingerprint density at radius 1 is 1.19 bits per heavy atom. The van der Waals surface area contributed by atoms with E-state index in [9.17, 15) is 13.5 Å². The van der Waals surface area contributed by atoms with Gasteiger partial charge >= 0.3 is 0 Å². The van der Waals surface area contributed by atoms with E-state index in [-0.39, 0.29) is 11.3 Å². The van der Waals surface area contributed by atoms with E-state index < -0.39 is 21.2 Å². The van der Waals surface area contributed by atoms with Crippen LogP contribution in [0.25, 0.3) is 0 Å². The molecule has 21 heavy (non-hydrogen) atoms. The second-order valence-electron chi connectivity index (χ2n) is 7.12. The fraction of sp³-hybridized carbons (Fsp3) is 0.647. The summed E-state index contributed by atoms with van der Waals surface area (Å²) in [7, 11) is -3.39. The maximum Gasteiger partial charge on any atom is 0.181 e. The number of rotatable bonds is 3. The first-order valence-electron chi connectivity index (χ1n) is 7.69. The maximum atomic E-state index is 13.0. The predicted octanol–water partition coefficient (Wildman–Crippen LogP) is 3.31. The van der Waals surface area contributed by atoms with E-state index in [1.807, 2.05) is 39.8 Å². The van der Waals surface area contributed by atoms with Gasteiger partial charge in [-0.2, -0.15) is 0 Å². The zero-order valence-corrected chi connectivity index (χ0v) is 14.2. The van der Waals surface area contributed by atoms with Gasteiger partial charge in [-0.1, -0.05) is 52.3 Å². The summed E-state index contributed by atoms with van der Waals surface area (Å²) < 4.78 is 26.0. The Morgan fingerprint density at radius 3 is 2.33 bits per heavy atom. The molecule has 0 spiro atoms. The lowest BCUT2D eigenvalue weighted by Gasteiger charge is -2.24. The first-order chi connectivity index (χ1) is 9.67. The van der Waals surface area contributed by atoms with Gasteiger partial charge in [0.1, 0.15) is 0 Å². The third-order valence-electron chi connectivity index (χ3n) is 4.58. The van der Waals surface area contributed by atoms with Crippen molar-refractivity contribution < 1.29 is 13.5 Å². The van der Waals surface area contributed by atoms with E-state index in [2.05, 4.69) is 0 Å². The van der Waals surface area contributed by atoms with Crippen LogP contribution in [0.1, 0.15) is 52.5 Å². The Morgan fingerprint density at radius 2 is 1.81 bits per heavy atom. The topological polar surface area (TPSA) is 54.4 Å². The quantitative estimate of drug-likeness (QED) is 0.932. The van der Waals surface area contributed by atoms with Gasteiger partial charge < -0.3 is 5.11 Å². The van der Waals surface area contributed by atoms with E-state index in [0.29, 0.717) is 17.7 Å². The molecule has 1 aromatic carbocycles. The van der Waals surface area contributed by atoms with Crippen LogP contribution < -0.4 is 0 Å². The number of hydrogen-bond donors (Lipinski definition) is 1. The minimum Gasteiger partial charge on any atom is -0.393 e. The van der Waals surface area contributed by atoms with Crippen LogP contribution in [0, 0.1) is 5.92 Å². The first kappa shape index (κ1) is 16.5. The molecule has 0 radical (unpaired) electrons. The molecule has 3 atom stereocenters. The number of benzene rings is 1. The second-order valence-corrected chi connectivity index (χ2v) is 9.32. The fourth-order valence-electron chi connectivity index (χ4n) is 3.26. The summed E-state index contributed by atoms with van der Waals surface area (Å²) in [5, 5.41) is 9.58. The molecule has 0 bridgehead atoms. The average molecular weight is 310 g/mol. The highest BCUT2D eigenvalue weighted by Crippen LogP contribution is 2.38. The molecule has 1 saturated carbocycles. The summed E-state index contributed by atoms with van der Waals surface area (Å²) in [6.07, 6.45) is 1.27. The van der Waals surface area contributed by atoms with E-state index in [0.717, 1.165) is 12.0 Å². The number of sulfone groups is 1. The normalized spacial score (nSPS) is 27.0. The van der Waals surface area contributed by atoms with E-state index in [4.69, 9.17) is 0 Å². The Labute approximate surface area is 128 Å². The van der Waals surface area contributed by atoms with Gasteiger partial charge in [-0.15, -0.1) is 0 Å². The highest BCUT2D eigenvalue weighted by Gasteiger charge is 2.41. The zero-order chi connectivity index (χ0) is 15.8. The Balaban J connectivity index is 2.43. The third-order valence-corrected chi connectivity index (χ3v) is 6.81. The van der Waals surface area contributed by atoms with Gasteiger partial charge in [0, 0.05) is 0 Å². The molecule has 1 aliphatic rings. The van der Waals surface area contributed by atoms with Gasteiger partial charge in [-0.25, -0.2) is 8.42 Å². The molecule has 4 heteroatoms. The lowest BCUT2D eigenvalue weighted by Crippen LogP contribution is -2.24. The maximum absolute atomic E-state index is 13.0. The van der Waals surface area contributed by atoms with Crippen LogP contribution in [0.15, 0.2) is 29.2 Å². The molecule has 1 aromatic rings. The predicted molar refractivity (Wildman–Crippen MR) is 85.1 cm³/mol. The summed E-state index contributed by atoms with van der Waals surface area (Å²) in [6, 6.07) is 7.28. The molecular formula is C17H26O3S. The van der Waals surface area contributed by atoms with Crippen molar-refractivity contribution in [1.29, 1.82) is 0 Å². The molecule has 3 nitrogen and oxygen atoms in total. The largest absolute Gasteiger partial charge is 0.393 e. The van der Waals surface area contributed by atoms with Gasteiger partial charge in [0.15, 0.2) is 9.84 Å². The zero-order valence-electron chi connectivity index (χ0n) is 13.3. The van der Waals surface area contributed by atoms with Gasteiger partial charge in [-0.05, 0) is 35.8 Å². The van der Waals surface area contributed by atoms with Crippen LogP contribution in [0.3, 0.4) is 0 Å². The SMILES string of the molecule is CCC1CC(S(=O)(=O)c2ccccc2C(C)(C)C)CC1O. The summed E-state index contributed by atoms with van der Waals surface area (Å²) in [5.41, 5.74) is 0.643. The summed E-state index contributed by atoms with van der Waals surface area (Å²) in [5.74, 6) is 0.103. The molecule has 118 valence electrons. The monoisotopic (exact) mass is 310 g/mol. The van der Waals surface area contributed by atoms with Crippen LogP contribution >= 0.6 is 0 Å². The highest BCUT2D eigenvalue weighted by molar-refractivity contribution is 7.92. The van der Waals surface area contributed by atoms with Crippen molar-refractivity contribution in [3.8, 4) is 0 Å². The van der Waals surface area contributed by atoms with Crippen molar-refractivity contribution in [2.75, 3.05) is 0 Å². The molecule has 3 unspecified atom stereocenters. The van der Waals surface area contributed by atoms with Crippen LogP contribution in [0.5, 0.6) is 0 Å². The van der Waals surface area contributed by atoms with Crippen molar-refractivity contribution >= 4 is 9.84 Å². The smallest absolute Gasteiger partial charge is 0.181 e. The van der Waals surface area contributed by atoms with E-state index in [1.165, 1.54) is 0 Å². The second kappa shape index (κ2) is 5.73. The molecule has 0 heterocycles. The molecule has 1 aliphatic carbocycles. The molecular weight excluding hydrogens is 284 g/mol. The Kier molecular flexibility index (Phi) is 4.50. The van der Waals surface area contributed by atoms with Crippen molar-refractivity contribution in [2.45, 2.75) is 68.6 Å². The highest BCUT2D eigenvalue weighted by atomic mass is 32.2. The molecule has 0 aliphatic heterocycles. The van der Waals surface area contributed by atoms with Gasteiger partial charge in [0.05, 0.1) is 16.2 Å². The molecule has 1 N–H and O–H groups in total. The molecule has 0 aromatic heterocycles. The van der Waals surface area contributed by atoms with Crippen LogP contribution in [-0.4, -0.2) is 24.9 Å². The van der Waals surface area contributed by atoms with Crippen molar-refractivity contribution in [3.05, 3.63) is 29.8 Å². The molecule has 2 rings (SSSR count). The van der Waals surface area contributed by atoms with Crippen molar-refractivity contribution in [2.24, 2.45) is 5.92 Å². The third kappa shape index (κ3) is 3.16. The standard InChI is InChI=1S/C17H26O3S/c1-5-12-10-13(11-15(12)18)21(19,20)16-9-7-6-8-14(16)17(2,3)4/h6-9,12-13,15,18H,5,10-11H2,1-4H3. The van der Waals surface area contributed by atoms with Crippen LogP contribution in [0.4, 0.5) is 0 Å². The lowest BCUT2D eigenvalue weighted by atomic mass is 9.87. The van der Waals surface area contributed by atoms with Crippen molar-refractivity contribution in [1.82, 2.24) is 0 Å². The summed E-state index contributed by atoms with van der Waals surface area (Å²) in [4.78, 5) is 0.437. The lowest BCUT2D eigenvalue weighted by molar-refractivity contribution is 0.131. The van der Waals surface area contributed by atoms with Gasteiger partial charge in [0.25, 0.3) is 0 Å². The fourth-order valence-corrected chi connectivity index (χ4v) is 5.52. The minimum absolute atomic E-state index is 0.103. The van der Waals surface area contributed by atoms with Gasteiger partial charge in [0.2, 0.25) is 0 Å². The van der Waals surface area contributed by atoms with E-state index >= 15 is 0 Å². The number of aliphatic hydroxyl groups is 1.